The molecule has 2 N–H and O–H groups in total. The fourth-order valence-corrected chi connectivity index (χ4v) is 5.44. The summed E-state index contributed by atoms with van der Waals surface area (Å²) in [6.45, 7) is 1.89. The lowest BCUT2D eigenvalue weighted by atomic mass is 9.93. The van der Waals surface area contributed by atoms with E-state index in [1.165, 1.54) is 19.2 Å². The van der Waals surface area contributed by atoms with Crippen LogP contribution in [0, 0.1) is 29.9 Å². The third-order valence-electron chi connectivity index (χ3n) is 7.58. The number of rotatable bonds is 7. The third kappa shape index (κ3) is 5.53. The molecule has 2 aliphatic rings. The molecule has 1 fully saturated rings. The number of carbonyl (C=O) groups excluding carboxylic acids is 1. The quantitative estimate of drug-likeness (QED) is 0.250. The molecule has 0 unspecified atom stereocenters. The van der Waals surface area contributed by atoms with Crippen molar-refractivity contribution in [1.82, 2.24) is 0 Å². The Morgan fingerprint density at radius 1 is 1.08 bits per heavy atom. The summed E-state index contributed by atoms with van der Waals surface area (Å²) in [7, 11) is 1.30. The summed E-state index contributed by atoms with van der Waals surface area (Å²) in [5, 5.41) is 12.3. The topological polar surface area (TPSA) is 74.5 Å². The van der Waals surface area contributed by atoms with Crippen LogP contribution in [-0.2, 0) is 6.42 Å². The van der Waals surface area contributed by atoms with Crippen LogP contribution >= 0.6 is 0 Å². The first-order valence-corrected chi connectivity index (χ1v) is 13.2. The Labute approximate surface area is 226 Å². The summed E-state index contributed by atoms with van der Waals surface area (Å²) >= 11 is 0. The molecule has 1 aliphatic heterocycles. The zero-order valence-corrected chi connectivity index (χ0v) is 22.1. The zero-order valence-electron chi connectivity index (χ0n) is 22.1. The van der Waals surface area contributed by atoms with Crippen LogP contribution in [0.2, 0.25) is 0 Å². The first-order valence-electron chi connectivity index (χ1n) is 13.2. The minimum absolute atomic E-state index is 0.0269. The highest BCUT2D eigenvalue weighted by atomic mass is 19.2. The van der Waals surface area contributed by atoms with E-state index in [4.69, 9.17) is 15.1 Å². The number of hydrogen-bond donors (Lipinski definition) is 2. The van der Waals surface area contributed by atoms with Crippen LogP contribution in [0.15, 0.2) is 65.8 Å². The number of fused-ring (bicyclic) bond motifs is 1. The largest absolute Gasteiger partial charge is 0.494 e. The number of Topliss-reactive ketones (excluding diaryl/α,β-unsaturated/α-hetero) is 1. The zero-order chi connectivity index (χ0) is 27.5. The highest BCUT2D eigenvalue weighted by molar-refractivity contribution is 6.10. The fourth-order valence-electron chi connectivity index (χ4n) is 5.44. The first-order chi connectivity index (χ1) is 18.9. The average Bonchev–Trinajstić information content (AvgIpc) is 3.40. The van der Waals surface area contributed by atoms with E-state index < -0.39 is 11.6 Å². The van der Waals surface area contributed by atoms with Gasteiger partial charge in [-0.2, -0.15) is 4.39 Å². The van der Waals surface area contributed by atoms with Crippen LogP contribution in [0.5, 0.6) is 5.75 Å². The van der Waals surface area contributed by atoms with Gasteiger partial charge in [-0.15, -0.1) is 0 Å². The Kier molecular flexibility index (Phi) is 7.68. The molecule has 0 saturated heterocycles. The molecular weight excluding hydrogens is 496 g/mol. The monoisotopic (exact) mass is 527 g/mol. The van der Waals surface area contributed by atoms with Crippen molar-refractivity contribution < 1.29 is 18.3 Å². The molecule has 0 bridgehead atoms. The summed E-state index contributed by atoms with van der Waals surface area (Å²) in [4.78, 5) is 17.8. The second-order valence-electron chi connectivity index (χ2n) is 10.2. The van der Waals surface area contributed by atoms with Crippen molar-refractivity contribution in [1.29, 1.82) is 5.41 Å². The summed E-state index contributed by atoms with van der Waals surface area (Å²) in [6, 6.07) is 16.0. The number of anilines is 1. The molecule has 5 rings (SSSR count). The number of aryl methyl sites for hydroxylation is 1. The Morgan fingerprint density at radius 2 is 1.85 bits per heavy atom. The maximum absolute atomic E-state index is 14.7. The molecule has 0 aromatic heterocycles. The lowest BCUT2D eigenvalue weighted by Crippen LogP contribution is -2.15. The molecule has 0 amide bonds. The predicted octanol–water partition coefficient (Wildman–Crippen LogP) is 7.31. The number of allylic oxidation sites excluding steroid dienone is 1. The molecule has 39 heavy (non-hydrogen) atoms. The van der Waals surface area contributed by atoms with Gasteiger partial charge in [0.05, 0.1) is 23.8 Å². The lowest BCUT2D eigenvalue weighted by Gasteiger charge is -2.18. The highest BCUT2D eigenvalue weighted by Gasteiger charge is 2.23. The summed E-state index contributed by atoms with van der Waals surface area (Å²) < 4.78 is 34.0. The molecule has 1 aliphatic carbocycles. The third-order valence-corrected chi connectivity index (χ3v) is 7.58. The van der Waals surface area contributed by atoms with Crippen molar-refractivity contribution in [3.63, 3.8) is 0 Å². The van der Waals surface area contributed by atoms with Gasteiger partial charge in [0.1, 0.15) is 0 Å². The van der Waals surface area contributed by atoms with E-state index in [1.54, 1.807) is 12.3 Å². The molecule has 200 valence electrons. The van der Waals surface area contributed by atoms with E-state index >= 15 is 0 Å². The van der Waals surface area contributed by atoms with Gasteiger partial charge in [-0.25, -0.2) is 9.38 Å². The minimum Gasteiger partial charge on any atom is -0.494 e. The number of ether oxygens (including phenoxy) is 1. The van der Waals surface area contributed by atoms with Crippen LogP contribution in [0.4, 0.5) is 20.2 Å². The maximum atomic E-state index is 14.7. The molecular formula is C32H31F2N3O2. The average molecular weight is 528 g/mol. The lowest BCUT2D eigenvalue weighted by molar-refractivity contribution is 0.0998. The van der Waals surface area contributed by atoms with Crippen LogP contribution in [0.25, 0.3) is 5.57 Å². The Bertz CT molecular complexity index is 1560. The first kappa shape index (κ1) is 26.5. The fraction of sp³-hybridized carbons (Fsp3) is 0.281. The number of methoxy groups -OCH3 is 1. The van der Waals surface area contributed by atoms with Gasteiger partial charge in [0.25, 0.3) is 0 Å². The summed E-state index contributed by atoms with van der Waals surface area (Å²) in [5.41, 5.74) is 5.14. The van der Waals surface area contributed by atoms with Crippen LogP contribution in [0.3, 0.4) is 0 Å². The second kappa shape index (κ2) is 11.3. The Morgan fingerprint density at radius 3 is 2.59 bits per heavy atom. The number of benzene rings is 2. The van der Waals surface area contributed by atoms with E-state index in [2.05, 4.69) is 5.32 Å². The number of hydrogen-bond acceptors (Lipinski definition) is 5. The van der Waals surface area contributed by atoms with Crippen molar-refractivity contribution in [3.8, 4) is 5.75 Å². The van der Waals surface area contributed by atoms with Gasteiger partial charge in [-0.05, 0) is 78.8 Å². The molecule has 1 heterocycles. The van der Waals surface area contributed by atoms with Gasteiger partial charge in [0.2, 0.25) is 5.82 Å². The van der Waals surface area contributed by atoms with Crippen molar-refractivity contribution >= 4 is 28.4 Å². The van der Waals surface area contributed by atoms with Gasteiger partial charge in [-0.1, -0.05) is 31.0 Å². The number of nitrogens with one attached hydrogen (secondary N) is 2. The SMILES string of the molecule is COc1ccc(C2=CNc3c(ccccc3=Nc3ccc(C(=O)CC(=N)C4CCCC4)c(C)c3)C2)c(F)c1F. The maximum Gasteiger partial charge on any atom is 0.201 e. The Balaban J connectivity index is 1.41. The van der Waals surface area contributed by atoms with Crippen molar-refractivity contribution in [2.75, 3.05) is 12.4 Å². The molecule has 1 saturated carbocycles. The molecule has 7 heteroatoms. The molecule has 5 nitrogen and oxygen atoms in total. The van der Waals surface area contributed by atoms with E-state index in [1.807, 2.05) is 43.3 Å². The molecule has 0 radical (unpaired) electrons. The van der Waals surface area contributed by atoms with Gasteiger partial charge >= 0.3 is 0 Å². The number of carbonyl (C=O) groups is 1. The van der Waals surface area contributed by atoms with Crippen LogP contribution < -0.4 is 15.4 Å². The van der Waals surface area contributed by atoms with Gasteiger partial charge in [0.15, 0.2) is 17.3 Å². The van der Waals surface area contributed by atoms with Gasteiger partial charge in [-0.3, -0.25) is 4.79 Å². The highest BCUT2D eigenvalue weighted by Crippen LogP contribution is 2.32. The Hall–Kier alpha value is -4.13. The smallest absolute Gasteiger partial charge is 0.201 e. The van der Waals surface area contributed by atoms with Gasteiger partial charge < -0.3 is 15.5 Å². The number of halogens is 2. The van der Waals surface area contributed by atoms with E-state index in [0.717, 1.165) is 42.5 Å². The standard InChI is InChI=1S/C32H31F2N3O2/c1-19-15-23(11-12-24(19)28(38)17-26(35)20-7-3-4-8-20)37-27-10-6-5-9-21-16-22(18-36-32(21)27)25-13-14-29(39-2)31(34)30(25)33/h5-6,9-15,18,20,35-36H,3-4,7-8,16-17H2,1-2H3. The molecule has 3 aromatic rings. The van der Waals surface area contributed by atoms with Crippen LogP contribution in [0.1, 0.15) is 59.2 Å². The van der Waals surface area contributed by atoms with E-state index in [9.17, 15) is 13.6 Å². The van der Waals surface area contributed by atoms with Gasteiger partial charge in [0, 0.05) is 35.9 Å². The molecule has 0 spiro atoms. The normalized spacial score (nSPS) is 15.4. The minimum atomic E-state index is -1.01. The number of ketones is 1. The van der Waals surface area contributed by atoms with Crippen molar-refractivity contribution in [2.45, 2.75) is 45.4 Å². The second-order valence-corrected chi connectivity index (χ2v) is 10.2. The molecule has 3 aromatic carbocycles. The predicted molar refractivity (Wildman–Crippen MR) is 150 cm³/mol. The summed E-state index contributed by atoms with van der Waals surface area (Å²) in [6.07, 6.45) is 6.54. The van der Waals surface area contributed by atoms with Crippen LogP contribution in [-0.4, -0.2) is 18.6 Å². The van der Waals surface area contributed by atoms with Crippen molar-refractivity contribution in [2.24, 2.45) is 10.9 Å². The summed E-state index contributed by atoms with van der Waals surface area (Å²) in [5.74, 6) is -1.87. The number of nitrogens with zero attached hydrogens (tertiary/aromatic N) is 1. The van der Waals surface area contributed by atoms with E-state index in [-0.39, 0.29) is 29.4 Å². The molecule has 0 atom stereocenters. The van der Waals surface area contributed by atoms with E-state index in [0.29, 0.717) is 34.3 Å². The van der Waals surface area contributed by atoms with Crippen molar-refractivity contribution in [3.05, 3.63) is 100 Å².